The van der Waals surface area contributed by atoms with Gasteiger partial charge in [-0.2, -0.15) is 0 Å². The molecule has 7 heteroatoms. The summed E-state index contributed by atoms with van der Waals surface area (Å²) >= 11 is 0. The van der Waals surface area contributed by atoms with Crippen LogP contribution in [0.4, 0.5) is 0 Å². The molecule has 6 rings (SSSR count). The maximum Gasteiger partial charge on any atom is 0.256 e. The summed E-state index contributed by atoms with van der Waals surface area (Å²) in [6.07, 6.45) is 10.2. The molecular formula is C26H29N5O2. The summed E-state index contributed by atoms with van der Waals surface area (Å²) in [5.41, 5.74) is 2.90. The number of likely N-dealkylation sites (tertiary alicyclic amines) is 2. The standard InChI is InChI=1S/C26H29N5O2/c32-24(17-31-13-5-9-26(31)10-11-26)28-22-16-30(15-21(22)19-6-2-1-3-7-19)25(33)20-8-4-12-29-18-27-14-23(20)29/h1-4,6-8,12,14,18,21-22H,5,9-11,13,15-17H2,(H,28,32)/t21-,22+/m0/s1. The van der Waals surface area contributed by atoms with Crippen LogP contribution in [-0.4, -0.2) is 68.8 Å². The van der Waals surface area contributed by atoms with Crippen LogP contribution in [-0.2, 0) is 4.79 Å². The Labute approximate surface area is 193 Å². The van der Waals surface area contributed by atoms with Crippen molar-refractivity contribution in [2.75, 3.05) is 26.2 Å². The maximum atomic E-state index is 13.5. The summed E-state index contributed by atoms with van der Waals surface area (Å²) in [4.78, 5) is 35.0. The molecule has 1 N–H and O–H groups in total. The van der Waals surface area contributed by atoms with Crippen molar-refractivity contribution in [3.05, 3.63) is 72.3 Å². The summed E-state index contributed by atoms with van der Waals surface area (Å²) in [6, 6.07) is 13.8. The van der Waals surface area contributed by atoms with Gasteiger partial charge in [-0.25, -0.2) is 4.98 Å². The topological polar surface area (TPSA) is 70.0 Å². The van der Waals surface area contributed by atoms with E-state index in [1.165, 1.54) is 25.7 Å². The number of fused-ring (bicyclic) bond motifs is 1. The lowest BCUT2D eigenvalue weighted by atomic mass is 9.94. The van der Waals surface area contributed by atoms with Crippen molar-refractivity contribution in [1.29, 1.82) is 0 Å². The zero-order valence-electron chi connectivity index (χ0n) is 18.7. The maximum absolute atomic E-state index is 13.5. The van der Waals surface area contributed by atoms with Gasteiger partial charge in [-0.1, -0.05) is 30.3 Å². The van der Waals surface area contributed by atoms with Gasteiger partial charge in [0.15, 0.2) is 0 Å². The minimum absolute atomic E-state index is 0.0183. The average Bonchev–Trinajstić information content (AvgIpc) is 3.15. The number of pyridine rings is 1. The van der Waals surface area contributed by atoms with Gasteiger partial charge in [0.25, 0.3) is 5.91 Å². The van der Waals surface area contributed by atoms with Gasteiger partial charge in [0, 0.05) is 30.7 Å². The summed E-state index contributed by atoms with van der Waals surface area (Å²) in [5, 5.41) is 3.30. The summed E-state index contributed by atoms with van der Waals surface area (Å²) in [7, 11) is 0. The largest absolute Gasteiger partial charge is 0.350 e. The molecule has 33 heavy (non-hydrogen) atoms. The molecule has 170 valence electrons. The highest BCUT2D eigenvalue weighted by molar-refractivity contribution is 6.00. The van der Waals surface area contributed by atoms with Crippen LogP contribution in [0.25, 0.3) is 5.52 Å². The van der Waals surface area contributed by atoms with Gasteiger partial charge in [-0.15, -0.1) is 0 Å². The van der Waals surface area contributed by atoms with Crippen LogP contribution < -0.4 is 5.32 Å². The van der Waals surface area contributed by atoms with Crippen LogP contribution in [0.3, 0.4) is 0 Å². The Bertz CT molecular complexity index is 1190. The molecule has 2 aliphatic heterocycles. The van der Waals surface area contributed by atoms with Gasteiger partial charge >= 0.3 is 0 Å². The second kappa shape index (κ2) is 7.99. The summed E-state index contributed by atoms with van der Waals surface area (Å²) in [6.45, 7) is 2.56. The Balaban J connectivity index is 1.22. The third-order valence-corrected chi connectivity index (χ3v) is 7.77. The third-order valence-electron chi connectivity index (χ3n) is 7.77. The van der Waals surface area contributed by atoms with Crippen LogP contribution in [0.2, 0.25) is 0 Å². The number of hydrogen-bond donors (Lipinski definition) is 1. The molecule has 1 saturated carbocycles. The lowest BCUT2D eigenvalue weighted by Gasteiger charge is -2.25. The minimum Gasteiger partial charge on any atom is -0.350 e. The van der Waals surface area contributed by atoms with E-state index in [1.54, 1.807) is 12.5 Å². The smallest absolute Gasteiger partial charge is 0.256 e. The van der Waals surface area contributed by atoms with Crippen molar-refractivity contribution in [2.45, 2.75) is 43.2 Å². The van der Waals surface area contributed by atoms with Crippen molar-refractivity contribution < 1.29 is 9.59 Å². The molecule has 7 nitrogen and oxygen atoms in total. The van der Waals surface area contributed by atoms with Crippen LogP contribution in [0.1, 0.15) is 47.5 Å². The van der Waals surface area contributed by atoms with E-state index < -0.39 is 0 Å². The predicted octanol–water partition coefficient (Wildman–Crippen LogP) is 2.69. The highest BCUT2D eigenvalue weighted by Crippen LogP contribution is 2.49. The van der Waals surface area contributed by atoms with E-state index in [0.29, 0.717) is 30.7 Å². The van der Waals surface area contributed by atoms with E-state index in [-0.39, 0.29) is 23.8 Å². The number of rotatable bonds is 5. The van der Waals surface area contributed by atoms with Crippen molar-refractivity contribution in [3.8, 4) is 0 Å². The van der Waals surface area contributed by atoms with Crippen LogP contribution in [0.5, 0.6) is 0 Å². The Hall–Kier alpha value is -3.19. The first-order chi connectivity index (χ1) is 16.1. The minimum atomic E-state index is -0.105. The zero-order valence-corrected chi connectivity index (χ0v) is 18.7. The van der Waals surface area contributed by atoms with Gasteiger partial charge in [-0.3, -0.25) is 14.5 Å². The number of aromatic nitrogens is 2. The highest BCUT2D eigenvalue weighted by Gasteiger charge is 2.51. The van der Waals surface area contributed by atoms with E-state index in [9.17, 15) is 9.59 Å². The number of carbonyl (C=O) groups excluding carboxylic acids is 2. The molecule has 2 saturated heterocycles. The van der Waals surface area contributed by atoms with Crippen LogP contribution in [0, 0.1) is 0 Å². The van der Waals surface area contributed by atoms with Gasteiger partial charge in [0.2, 0.25) is 5.91 Å². The van der Waals surface area contributed by atoms with Crippen LogP contribution in [0.15, 0.2) is 61.2 Å². The molecule has 3 fully saturated rings. The lowest BCUT2D eigenvalue weighted by molar-refractivity contribution is -0.123. The molecule has 0 bridgehead atoms. The van der Waals surface area contributed by atoms with E-state index in [1.807, 2.05) is 45.8 Å². The molecule has 0 unspecified atom stereocenters. The SMILES string of the molecule is O=C(CN1CCCC12CC2)N[C@@H]1CN(C(=O)c2cccn3cncc23)C[C@H]1c1ccccc1. The molecular weight excluding hydrogens is 414 g/mol. The monoisotopic (exact) mass is 443 g/mol. The number of nitrogens with zero attached hydrogens (tertiary/aromatic N) is 4. The fourth-order valence-electron chi connectivity index (χ4n) is 5.83. The molecule has 0 radical (unpaired) electrons. The van der Waals surface area contributed by atoms with Gasteiger partial charge in [0.1, 0.15) is 0 Å². The van der Waals surface area contributed by atoms with Crippen molar-refractivity contribution in [2.24, 2.45) is 0 Å². The number of benzene rings is 1. The zero-order chi connectivity index (χ0) is 22.4. The first-order valence-electron chi connectivity index (χ1n) is 11.9. The van der Waals surface area contributed by atoms with E-state index >= 15 is 0 Å². The molecule has 3 aliphatic rings. The Morgan fingerprint density at radius 1 is 1.06 bits per heavy atom. The molecule has 4 heterocycles. The van der Waals surface area contributed by atoms with Gasteiger partial charge in [0.05, 0.1) is 36.2 Å². The predicted molar refractivity (Wildman–Crippen MR) is 125 cm³/mol. The number of amides is 2. The van der Waals surface area contributed by atoms with Gasteiger partial charge in [-0.05, 0) is 49.9 Å². The molecule has 1 aliphatic carbocycles. The first kappa shape index (κ1) is 20.4. The fraction of sp³-hybridized carbons (Fsp3) is 0.423. The summed E-state index contributed by atoms with van der Waals surface area (Å²) < 4.78 is 1.86. The number of nitrogens with one attached hydrogen (secondary N) is 1. The van der Waals surface area contributed by atoms with Crippen molar-refractivity contribution in [1.82, 2.24) is 24.5 Å². The lowest BCUT2D eigenvalue weighted by Crippen LogP contribution is -2.46. The van der Waals surface area contributed by atoms with Crippen molar-refractivity contribution in [3.63, 3.8) is 0 Å². The van der Waals surface area contributed by atoms with E-state index in [0.717, 1.165) is 17.6 Å². The Morgan fingerprint density at radius 3 is 2.73 bits per heavy atom. The first-order valence-corrected chi connectivity index (χ1v) is 11.9. The Kier molecular flexibility index (Phi) is 4.94. The van der Waals surface area contributed by atoms with Gasteiger partial charge < -0.3 is 14.6 Å². The molecule has 1 aromatic carbocycles. The number of imidazole rings is 1. The average molecular weight is 444 g/mol. The highest BCUT2D eigenvalue weighted by atomic mass is 16.2. The molecule has 2 amide bonds. The van der Waals surface area contributed by atoms with Crippen LogP contribution >= 0.6 is 0 Å². The van der Waals surface area contributed by atoms with Crippen molar-refractivity contribution >= 4 is 17.3 Å². The van der Waals surface area contributed by atoms with E-state index in [4.69, 9.17) is 0 Å². The normalized spacial score (nSPS) is 23.9. The molecule has 2 atom stereocenters. The molecule has 3 aromatic rings. The molecule has 1 spiro atoms. The molecule has 2 aromatic heterocycles. The Morgan fingerprint density at radius 2 is 1.91 bits per heavy atom. The number of carbonyl (C=O) groups is 2. The fourth-order valence-corrected chi connectivity index (χ4v) is 5.83. The summed E-state index contributed by atoms with van der Waals surface area (Å²) in [5.74, 6) is 0.119. The van der Waals surface area contributed by atoms with E-state index in [2.05, 4.69) is 27.3 Å². The number of hydrogen-bond acceptors (Lipinski definition) is 4. The second-order valence-corrected chi connectivity index (χ2v) is 9.76. The quantitative estimate of drug-likeness (QED) is 0.658. The second-order valence-electron chi connectivity index (χ2n) is 9.76. The third kappa shape index (κ3) is 3.70.